The highest BCUT2D eigenvalue weighted by atomic mass is 35.5. The molecule has 1 atom stereocenters. The number of halogens is 1. The maximum atomic E-state index is 13.3. The summed E-state index contributed by atoms with van der Waals surface area (Å²) >= 11 is 6.07. The number of benzene rings is 3. The van der Waals surface area contributed by atoms with Gasteiger partial charge in [-0.25, -0.2) is 0 Å². The van der Waals surface area contributed by atoms with Gasteiger partial charge in [-0.15, -0.1) is 0 Å². The van der Waals surface area contributed by atoms with Crippen molar-refractivity contribution in [2.75, 3.05) is 22.9 Å². The Bertz CT molecular complexity index is 1240. The van der Waals surface area contributed by atoms with Gasteiger partial charge in [0.25, 0.3) is 11.7 Å². The first kappa shape index (κ1) is 24.6. The second-order valence-corrected chi connectivity index (χ2v) is 8.90. The average Bonchev–Trinajstić information content (AvgIpc) is 3.15. The molecule has 1 fully saturated rings. The van der Waals surface area contributed by atoms with Crippen molar-refractivity contribution in [1.29, 1.82) is 0 Å². The van der Waals surface area contributed by atoms with E-state index >= 15 is 0 Å². The molecule has 1 unspecified atom stereocenters. The van der Waals surface area contributed by atoms with Gasteiger partial charge in [0.05, 0.1) is 11.6 Å². The molecule has 0 radical (unpaired) electrons. The third-order valence-corrected chi connectivity index (χ3v) is 6.77. The minimum atomic E-state index is -0.771. The normalized spacial score (nSPS) is 17.1. The quantitative estimate of drug-likeness (QED) is 0.238. The van der Waals surface area contributed by atoms with Gasteiger partial charge in [-0.3, -0.25) is 14.5 Å². The zero-order valence-corrected chi connectivity index (χ0v) is 20.9. The Hall–Kier alpha value is -3.57. The lowest BCUT2D eigenvalue weighted by molar-refractivity contribution is -0.132. The first-order chi connectivity index (χ1) is 16.9. The number of anilines is 2. The van der Waals surface area contributed by atoms with Crippen LogP contribution in [0, 0.1) is 0 Å². The summed E-state index contributed by atoms with van der Waals surface area (Å²) in [5.74, 6) is -1.58. The lowest BCUT2D eigenvalue weighted by Crippen LogP contribution is -2.29. The second kappa shape index (κ2) is 10.4. The van der Waals surface area contributed by atoms with Gasteiger partial charge in [0.2, 0.25) is 0 Å². The topological polar surface area (TPSA) is 60.9 Å². The van der Waals surface area contributed by atoms with E-state index in [0.29, 0.717) is 16.3 Å². The number of aliphatic hydroxyl groups excluding tert-OH is 1. The van der Waals surface area contributed by atoms with E-state index < -0.39 is 17.7 Å². The molecule has 35 heavy (non-hydrogen) atoms. The van der Waals surface area contributed by atoms with Crippen LogP contribution in [0.3, 0.4) is 0 Å². The maximum Gasteiger partial charge on any atom is 0.300 e. The molecule has 4 rings (SSSR count). The Morgan fingerprint density at radius 3 is 2.03 bits per heavy atom. The van der Waals surface area contributed by atoms with Crippen LogP contribution >= 0.6 is 11.6 Å². The van der Waals surface area contributed by atoms with Crippen LogP contribution in [0.15, 0.2) is 78.4 Å². The van der Waals surface area contributed by atoms with E-state index in [9.17, 15) is 14.7 Å². The Labute approximate surface area is 211 Å². The van der Waals surface area contributed by atoms with E-state index in [0.717, 1.165) is 36.3 Å². The molecule has 1 amide bonds. The van der Waals surface area contributed by atoms with Crippen molar-refractivity contribution >= 4 is 40.4 Å². The summed E-state index contributed by atoms with van der Waals surface area (Å²) in [7, 11) is 0. The first-order valence-electron chi connectivity index (χ1n) is 11.9. The zero-order valence-electron chi connectivity index (χ0n) is 20.2. The van der Waals surface area contributed by atoms with Gasteiger partial charge < -0.3 is 10.0 Å². The van der Waals surface area contributed by atoms with Gasteiger partial charge in [0.15, 0.2) is 0 Å². The molecular weight excluding hydrogens is 460 g/mol. The Balaban J connectivity index is 1.87. The Morgan fingerprint density at radius 1 is 0.886 bits per heavy atom. The monoisotopic (exact) mass is 488 g/mol. The van der Waals surface area contributed by atoms with Crippen LogP contribution in [-0.2, 0) is 16.0 Å². The number of hydrogen-bond acceptors (Lipinski definition) is 4. The number of aliphatic hydroxyl groups is 1. The molecular formula is C29H29ClN2O3. The van der Waals surface area contributed by atoms with E-state index in [-0.39, 0.29) is 11.3 Å². The number of Topliss-reactive ketones (excluding diaryl/α,β-unsaturated/α-hetero) is 1. The van der Waals surface area contributed by atoms with Gasteiger partial charge in [-0.05, 0) is 67.8 Å². The lowest BCUT2D eigenvalue weighted by Gasteiger charge is -2.27. The second-order valence-electron chi connectivity index (χ2n) is 8.46. The first-order valence-corrected chi connectivity index (χ1v) is 12.3. The molecule has 1 aliphatic heterocycles. The van der Waals surface area contributed by atoms with Crippen molar-refractivity contribution in [3.8, 4) is 0 Å². The number of rotatable bonds is 7. The molecule has 0 saturated carbocycles. The predicted molar refractivity (Wildman–Crippen MR) is 142 cm³/mol. The van der Waals surface area contributed by atoms with Crippen molar-refractivity contribution in [2.45, 2.75) is 33.2 Å². The van der Waals surface area contributed by atoms with E-state index in [2.05, 4.69) is 18.7 Å². The molecule has 1 aliphatic rings. The number of amides is 1. The largest absolute Gasteiger partial charge is 0.507 e. The van der Waals surface area contributed by atoms with E-state index in [1.54, 1.807) is 36.4 Å². The molecule has 6 heteroatoms. The molecule has 1 N–H and O–H groups in total. The average molecular weight is 489 g/mol. The molecule has 0 aliphatic carbocycles. The number of aryl methyl sites for hydroxylation is 1. The molecule has 0 spiro atoms. The van der Waals surface area contributed by atoms with E-state index in [1.165, 1.54) is 4.90 Å². The van der Waals surface area contributed by atoms with Crippen LogP contribution in [0.1, 0.15) is 43.5 Å². The summed E-state index contributed by atoms with van der Waals surface area (Å²) in [6, 6.07) is 21.2. The van der Waals surface area contributed by atoms with Crippen LogP contribution in [0.5, 0.6) is 0 Å². The van der Waals surface area contributed by atoms with Gasteiger partial charge in [-0.1, -0.05) is 54.9 Å². The number of hydrogen-bond donors (Lipinski definition) is 1. The summed E-state index contributed by atoms with van der Waals surface area (Å²) in [6.45, 7) is 7.97. The van der Waals surface area contributed by atoms with E-state index in [4.69, 9.17) is 11.6 Å². The fourth-order valence-corrected chi connectivity index (χ4v) is 4.65. The van der Waals surface area contributed by atoms with Crippen LogP contribution < -0.4 is 9.80 Å². The van der Waals surface area contributed by atoms with Crippen LogP contribution in [0.25, 0.3) is 5.76 Å². The zero-order chi connectivity index (χ0) is 25.1. The minimum absolute atomic E-state index is 0.0739. The molecule has 1 heterocycles. The van der Waals surface area contributed by atoms with Crippen molar-refractivity contribution in [3.63, 3.8) is 0 Å². The number of ketones is 1. The smallest absolute Gasteiger partial charge is 0.300 e. The fraction of sp³-hybridized carbons (Fsp3) is 0.241. The molecule has 180 valence electrons. The number of carbonyl (C=O) groups excluding carboxylic acids is 2. The Morgan fingerprint density at radius 2 is 1.49 bits per heavy atom. The summed E-state index contributed by atoms with van der Waals surface area (Å²) in [5, 5.41) is 11.8. The molecule has 5 nitrogen and oxygen atoms in total. The number of carbonyl (C=O) groups is 2. The number of nitrogens with zero attached hydrogens (tertiary/aromatic N) is 2. The summed E-state index contributed by atoms with van der Waals surface area (Å²) in [4.78, 5) is 30.2. The van der Waals surface area contributed by atoms with Crippen molar-refractivity contribution < 1.29 is 14.7 Å². The standard InChI is InChI=1S/C29H29ClN2O3/c1-4-19-7-9-21(10-8-19)27(33)25-26(20-11-15-23(16-12-20)31(5-2)6-3)32(29(35)28(25)34)24-17-13-22(30)14-18-24/h7-18,26,33H,4-6H2,1-3H3/b27-25-. The third-order valence-electron chi connectivity index (χ3n) is 6.52. The van der Waals surface area contributed by atoms with Crippen LogP contribution in [-0.4, -0.2) is 29.9 Å². The minimum Gasteiger partial charge on any atom is -0.507 e. The summed E-state index contributed by atoms with van der Waals surface area (Å²) < 4.78 is 0. The summed E-state index contributed by atoms with van der Waals surface area (Å²) in [5.41, 5.74) is 4.02. The van der Waals surface area contributed by atoms with Crippen LogP contribution in [0.4, 0.5) is 11.4 Å². The van der Waals surface area contributed by atoms with Gasteiger partial charge >= 0.3 is 0 Å². The van der Waals surface area contributed by atoms with Gasteiger partial charge in [0.1, 0.15) is 5.76 Å². The van der Waals surface area contributed by atoms with Crippen LogP contribution in [0.2, 0.25) is 5.02 Å². The maximum absolute atomic E-state index is 13.3. The highest BCUT2D eigenvalue weighted by Gasteiger charge is 2.47. The third kappa shape index (κ3) is 4.69. The SMILES string of the molecule is CCc1ccc(/C(O)=C2/C(=O)C(=O)N(c3ccc(Cl)cc3)C2c2ccc(N(CC)CC)cc2)cc1. The lowest BCUT2D eigenvalue weighted by atomic mass is 9.94. The highest BCUT2D eigenvalue weighted by Crippen LogP contribution is 2.42. The highest BCUT2D eigenvalue weighted by molar-refractivity contribution is 6.51. The van der Waals surface area contributed by atoms with Gasteiger partial charge in [-0.2, -0.15) is 0 Å². The summed E-state index contributed by atoms with van der Waals surface area (Å²) in [6.07, 6.45) is 0.862. The molecule has 0 bridgehead atoms. The fourth-order valence-electron chi connectivity index (χ4n) is 4.53. The van der Waals surface area contributed by atoms with E-state index in [1.807, 2.05) is 43.3 Å². The van der Waals surface area contributed by atoms with Crippen molar-refractivity contribution in [3.05, 3.63) is 100 Å². The van der Waals surface area contributed by atoms with Crippen molar-refractivity contribution in [2.24, 2.45) is 0 Å². The molecule has 3 aromatic carbocycles. The van der Waals surface area contributed by atoms with Crippen molar-refractivity contribution in [1.82, 2.24) is 0 Å². The van der Waals surface area contributed by atoms with Gasteiger partial charge in [0, 0.05) is 35.1 Å². The molecule has 0 aromatic heterocycles. The molecule has 3 aromatic rings. The molecule has 1 saturated heterocycles. The Kier molecular flexibility index (Phi) is 7.27. The predicted octanol–water partition coefficient (Wildman–Crippen LogP) is 6.37.